The van der Waals surface area contributed by atoms with E-state index >= 15 is 0 Å². The Bertz CT molecular complexity index is 766. The fraction of sp³-hybridized carbons (Fsp3) is 0.308. The van der Waals surface area contributed by atoms with Gasteiger partial charge < -0.3 is 9.52 Å². The van der Waals surface area contributed by atoms with Crippen LogP contribution < -0.4 is 11.2 Å². The van der Waals surface area contributed by atoms with E-state index in [2.05, 4.69) is 4.98 Å². The van der Waals surface area contributed by atoms with E-state index < -0.39 is 17.2 Å². The Morgan fingerprint density at radius 1 is 1.40 bits per heavy atom. The van der Waals surface area contributed by atoms with Gasteiger partial charge in [-0.25, -0.2) is 9.59 Å². The van der Waals surface area contributed by atoms with Crippen molar-refractivity contribution in [1.29, 1.82) is 0 Å². The Morgan fingerprint density at radius 3 is 2.65 bits per heavy atom. The van der Waals surface area contributed by atoms with E-state index in [4.69, 9.17) is 9.52 Å². The third-order valence-corrected chi connectivity index (χ3v) is 3.04. The van der Waals surface area contributed by atoms with Gasteiger partial charge in [0.1, 0.15) is 5.76 Å². The van der Waals surface area contributed by atoms with Crippen molar-refractivity contribution in [3.05, 3.63) is 55.7 Å². The van der Waals surface area contributed by atoms with Crippen LogP contribution in [0.3, 0.4) is 0 Å². The molecule has 2 N–H and O–H groups in total. The molecule has 0 aliphatic heterocycles. The summed E-state index contributed by atoms with van der Waals surface area (Å²) >= 11 is 0. The molecule has 0 amide bonds. The van der Waals surface area contributed by atoms with E-state index in [-0.39, 0.29) is 12.3 Å². The van der Waals surface area contributed by atoms with Gasteiger partial charge in [0, 0.05) is 17.3 Å². The largest absolute Gasteiger partial charge is 0.475 e. The summed E-state index contributed by atoms with van der Waals surface area (Å²) < 4.78 is 6.40. The van der Waals surface area contributed by atoms with Crippen LogP contribution in [0.2, 0.25) is 0 Å². The SMILES string of the molecule is CCc1cn(Cc2cc(C(=O)O)oc2C)c(=O)[nH]c1=O. The monoisotopic (exact) mass is 278 g/mol. The molecule has 2 heterocycles. The third kappa shape index (κ3) is 2.56. The molecule has 0 aliphatic carbocycles. The zero-order valence-electron chi connectivity index (χ0n) is 11.1. The molecule has 0 aliphatic rings. The average Bonchev–Trinajstić information content (AvgIpc) is 2.74. The molecular formula is C13H14N2O5. The number of carboxylic acid groups (broad SMARTS) is 1. The number of carbonyl (C=O) groups is 1. The van der Waals surface area contributed by atoms with Crippen molar-refractivity contribution in [1.82, 2.24) is 9.55 Å². The van der Waals surface area contributed by atoms with Gasteiger partial charge in [0.25, 0.3) is 5.56 Å². The number of aromatic amines is 1. The number of hydrogen-bond acceptors (Lipinski definition) is 4. The zero-order chi connectivity index (χ0) is 14.9. The van der Waals surface area contributed by atoms with Crippen LogP contribution in [0.5, 0.6) is 0 Å². The van der Waals surface area contributed by atoms with Crippen molar-refractivity contribution in [3.8, 4) is 0 Å². The van der Waals surface area contributed by atoms with Crippen LogP contribution in [0.25, 0.3) is 0 Å². The molecule has 0 unspecified atom stereocenters. The first kappa shape index (κ1) is 13.9. The van der Waals surface area contributed by atoms with Crippen molar-refractivity contribution in [3.63, 3.8) is 0 Å². The minimum atomic E-state index is -1.16. The summed E-state index contributed by atoms with van der Waals surface area (Å²) in [5.74, 6) is -0.911. The maximum absolute atomic E-state index is 11.7. The summed E-state index contributed by atoms with van der Waals surface area (Å²) in [6.45, 7) is 3.58. The highest BCUT2D eigenvalue weighted by molar-refractivity contribution is 5.84. The Balaban J connectivity index is 2.42. The number of aryl methyl sites for hydroxylation is 2. The van der Waals surface area contributed by atoms with Crippen LogP contribution in [0.4, 0.5) is 0 Å². The fourth-order valence-corrected chi connectivity index (χ4v) is 1.89. The van der Waals surface area contributed by atoms with E-state index in [1.807, 2.05) is 6.92 Å². The second-order valence-electron chi connectivity index (χ2n) is 4.39. The van der Waals surface area contributed by atoms with Crippen LogP contribution in [-0.2, 0) is 13.0 Å². The van der Waals surface area contributed by atoms with Crippen molar-refractivity contribution < 1.29 is 14.3 Å². The topological polar surface area (TPSA) is 105 Å². The number of carboxylic acids is 1. The van der Waals surface area contributed by atoms with E-state index in [0.29, 0.717) is 23.3 Å². The molecule has 106 valence electrons. The van der Waals surface area contributed by atoms with Crippen molar-refractivity contribution in [2.75, 3.05) is 0 Å². The summed E-state index contributed by atoms with van der Waals surface area (Å²) in [6, 6.07) is 1.38. The zero-order valence-corrected chi connectivity index (χ0v) is 11.1. The quantitative estimate of drug-likeness (QED) is 0.858. The number of nitrogens with zero attached hydrogens (tertiary/aromatic N) is 1. The molecule has 0 spiro atoms. The minimum Gasteiger partial charge on any atom is -0.475 e. The average molecular weight is 278 g/mol. The molecule has 0 bridgehead atoms. The van der Waals surface area contributed by atoms with Gasteiger partial charge >= 0.3 is 11.7 Å². The highest BCUT2D eigenvalue weighted by atomic mass is 16.4. The molecule has 0 atom stereocenters. The molecule has 2 rings (SSSR count). The van der Waals surface area contributed by atoms with E-state index in [0.717, 1.165) is 0 Å². The summed E-state index contributed by atoms with van der Waals surface area (Å²) in [4.78, 5) is 36.2. The van der Waals surface area contributed by atoms with E-state index in [9.17, 15) is 14.4 Å². The maximum atomic E-state index is 11.7. The molecule has 20 heavy (non-hydrogen) atoms. The van der Waals surface area contributed by atoms with Gasteiger partial charge in [0.15, 0.2) is 0 Å². The van der Waals surface area contributed by atoms with Crippen LogP contribution in [-0.4, -0.2) is 20.6 Å². The number of H-pyrrole nitrogens is 1. The highest BCUT2D eigenvalue weighted by Crippen LogP contribution is 2.15. The first-order valence-electron chi connectivity index (χ1n) is 6.07. The first-order valence-corrected chi connectivity index (χ1v) is 6.07. The third-order valence-electron chi connectivity index (χ3n) is 3.04. The van der Waals surface area contributed by atoms with Crippen LogP contribution in [0, 0.1) is 6.92 Å². The maximum Gasteiger partial charge on any atom is 0.371 e. The molecular weight excluding hydrogens is 264 g/mol. The van der Waals surface area contributed by atoms with Crippen molar-refractivity contribution in [2.45, 2.75) is 26.8 Å². The lowest BCUT2D eigenvalue weighted by molar-refractivity contribution is 0.0661. The smallest absolute Gasteiger partial charge is 0.371 e. The van der Waals surface area contributed by atoms with Gasteiger partial charge in [-0.05, 0) is 19.4 Å². The predicted octanol–water partition coefficient (Wildman–Crippen LogP) is 0.747. The lowest BCUT2D eigenvalue weighted by Crippen LogP contribution is -2.31. The van der Waals surface area contributed by atoms with Gasteiger partial charge in [-0.3, -0.25) is 14.3 Å². The number of hydrogen-bond donors (Lipinski definition) is 2. The van der Waals surface area contributed by atoms with Gasteiger partial charge in [-0.15, -0.1) is 0 Å². The Morgan fingerprint density at radius 2 is 2.10 bits per heavy atom. The van der Waals surface area contributed by atoms with Gasteiger partial charge in [0.05, 0.1) is 6.54 Å². The van der Waals surface area contributed by atoms with Gasteiger partial charge in [0.2, 0.25) is 5.76 Å². The normalized spacial score (nSPS) is 10.7. The van der Waals surface area contributed by atoms with Gasteiger partial charge in [-0.1, -0.05) is 6.92 Å². The highest BCUT2D eigenvalue weighted by Gasteiger charge is 2.14. The number of nitrogens with one attached hydrogen (secondary N) is 1. The Labute approximate surface area is 113 Å². The summed E-state index contributed by atoms with van der Waals surface area (Å²) in [6.07, 6.45) is 1.98. The minimum absolute atomic E-state index is 0.144. The Kier molecular flexibility index (Phi) is 3.60. The Hall–Kier alpha value is -2.57. The van der Waals surface area contributed by atoms with E-state index in [1.54, 1.807) is 6.92 Å². The fourth-order valence-electron chi connectivity index (χ4n) is 1.89. The molecule has 0 fully saturated rings. The summed E-state index contributed by atoms with van der Waals surface area (Å²) in [7, 11) is 0. The lowest BCUT2D eigenvalue weighted by atomic mass is 10.2. The second kappa shape index (κ2) is 5.20. The number of furan rings is 1. The number of aromatic nitrogens is 2. The molecule has 2 aromatic rings. The van der Waals surface area contributed by atoms with Crippen LogP contribution in [0.1, 0.15) is 34.4 Å². The molecule has 2 aromatic heterocycles. The molecule has 0 saturated heterocycles. The molecule has 7 heteroatoms. The second-order valence-corrected chi connectivity index (χ2v) is 4.39. The predicted molar refractivity (Wildman–Crippen MR) is 70.2 cm³/mol. The van der Waals surface area contributed by atoms with E-state index in [1.165, 1.54) is 16.8 Å². The number of aromatic carboxylic acids is 1. The summed E-state index contributed by atoms with van der Waals surface area (Å²) in [5, 5.41) is 8.85. The lowest BCUT2D eigenvalue weighted by Gasteiger charge is -2.05. The number of rotatable bonds is 4. The molecule has 7 nitrogen and oxygen atoms in total. The van der Waals surface area contributed by atoms with Gasteiger partial charge in [-0.2, -0.15) is 0 Å². The van der Waals surface area contributed by atoms with Crippen molar-refractivity contribution >= 4 is 5.97 Å². The molecule has 0 saturated carbocycles. The standard InChI is InChI=1S/C13H14N2O5/c1-3-8-5-15(13(19)14-11(8)16)6-9-4-10(12(17)18)20-7(9)2/h4-5H,3,6H2,1-2H3,(H,17,18)(H,14,16,19). The molecule has 0 radical (unpaired) electrons. The van der Waals surface area contributed by atoms with Crippen LogP contribution in [0.15, 0.2) is 26.3 Å². The summed E-state index contributed by atoms with van der Waals surface area (Å²) in [5.41, 5.74) is 0.136. The molecule has 0 aromatic carbocycles. The van der Waals surface area contributed by atoms with Crippen molar-refractivity contribution in [2.24, 2.45) is 0 Å². The van der Waals surface area contributed by atoms with Crippen LogP contribution >= 0.6 is 0 Å². The first-order chi connectivity index (χ1) is 9.42.